The number of hydrogen-bond donors (Lipinski definition) is 0. The molecule has 0 amide bonds. The van der Waals surface area contributed by atoms with Crippen molar-refractivity contribution in [2.45, 2.75) is 66.3 Å². The summed E-state index contributed by atoms with van der Waals surface area (Å²) in [5.74, 6) is 1.97. The first-order chi connectivity index (χ1) is 12.2. The first-order valence-corrected chi connectivity index (χ1v) is 9.89. The number of amidine groups is 1. The van der Waals surface area contributed by atoms with Gasteiger partial charge in [-0.15, -0.1) is 0 Å². The van der Waals surface area contributed by atoms with Gasteiger partial charge in [0.2, 0.25) is 0 Å². The molecule has 3 rings (SSSR count). The summed E-state index contributed by atoms with van der Waals surface area (Å²) in [5, 5.41) is 0. The lowest BCUT2D eigenvalue weighted by atomic mass is 9.87. The van der Waals surface area contributed by atoms with E-state index >= 15 is 0 Å². The van der Waals surface area contributed by atoms with Crippen LogP contribution in [0.5, 0.6) is 0 Å². The molecule has 0 saturated carbocycles. The standard InChI is InChI=1S/C23H33N3/c1-15(2)17-10-8-11-18(16(3)4)21(17)24-19-12-9-13-26-14-20(23(5,6)7)25-22(19)26/h8-12,15-16,20H,13-14H2,1-7H3/b24-19+/t20-/m1/s1. The Morgan fingerprint density at radius 3 is 2.23 bits per heavy atom. The van der Waals surface area contributed by atoms with Crippen molar-refractivity contribution in [2.24, 2.45) is 15.4 Å². The minimum atomic E-state index is 0.175. The van der Waals surface area contributed by atoms with Crippen LogP contribution in [0.15, 0.2) is 40.3 Å². The summed E-state index contributed by atoms with van der Waals surface area (Å²) in [6.07, 6.45) is 4.37. The minimum Gasteiger partial charge on any atom is -0.349 e. The zero-order valence-electron chi connectivity index (χ0n) is 17.4. The van der Waals surface area contributed by atoms with Crippen LogP contribution in [0.2, 0.25) is 0 Å². The van der Waals surface area contributed by atoms with Crippen molar-refractivity contribution in [1.82, 2.24) is 4.90 Å². The number of hydrogen-bond acceptors (Lipinski definition) is 3. The number of para-hydroxylation sites is 1. The Kier molecular flexibility index (Phi) is 5.09. The van der Waals surface area contributed by atoms with Gasteiger partial charge < -0.3 is 4.90 Å². The van der Waals surface area contributed by atoms with Gasteiger partial charge in [0.25, 0.3) is 0 Å². The quantitative estimate of drug-likeness (QED) is 0.686. The summed E-state index contributed by atoms with van der Waals surface area (Å²) in [6.45, 7) is 17.7. The number of rotatable bonds is 3. The van der Waals surface area contributed by atoms with Crippen LogP contribution >= 0.6 is 0 Å². The van der Waals surface area contributed by atoms with Gasteiger partial charge in [-0.05, 0) is 34.5 Å². The fourth-order valence-electron chi connectivity index (χ4n) is 3.64. The van der Waals surface area contributed by atoms with E-state index in [9.17, 15) is 0 Å². The summed E-state index contributed by atoms with van der Waals surface area (Å²) in [4.78, 5) is 12.6. The van der Waals surface area contributed by atoms with E-state index in [0.29, 0.717) is 17.9 Å². The van der Waals surface area contributed by atoms with Crippen LogP contribution < -0.4 is 0 Å². The molecule has 0 N–H and O–H groups in total. The second kappa shape index (κ2) is 7.02. The van der Waals surface area contributed by atoms with Crippen molar-refractivity contribution < 1.29 is 0 Å². The van der Waals surface area contributed by atoms with Crippen LogP contribution in [-0.4, -0.2) is 35.6 Å². The third-order valence-electron chi connectivity index (χ3n) is 5.38. The van der Waals surface area contributed by atoms with Crippen molar-refractivity contribution in [2.75, 3.05) is 13.1 Å². The van der Waals surface area contributed by atoms with E-state index in [1.54, 1.807) is 0 Å². The van der Waals surface area contributed by atoms with Gasteiger partial charge >= 0.3 is 0 Å². The van der Waals surface area contributed by atoms with E-state index in [0.717, 1.165) is 30.3 Å². The molecule has 2 aliphatic heterocycles. The molecular weight excluding hydrogens is 318 g/mol. The second-order valence-electron chi connectivity index (χ2n) is 9.23. The maximum absolute atomic E-state index is 5.18. The van der Waals surface area contributed by atoms with Crippen LogP contribution in [0.4, 0.5) is 5.69 Å². The second-order valence-corrected chi connectivity index (χ2v) is 9.23. The molecule has 1 aromatic rings. The maximum Gasteiger partial charge on any atom is 0.150 e. The lowest BCUT2D eigenvalue weighted by Crippen LogP contribution is -2.38. The highest BCUT2D eigenvalue weighted by atomic mass is 15.3. The van der Waals surface area contributed by atoms with Crippen molar-refractivity contribution in [1.29, 1.82) is 0 Å². The highest BCUT2D eigenvalue weighted by Gasteiger charge is 2.35. The molecule has 0 saturated heterocycles. The number of aliphatic imine (C=N–C) groups is 2. The van der Waals surface area contributed by atoms with E-state index in [-0.39, 0.29) is 5.41 Å². The molecule has 0 fully saturated rings. The Hall–Kier alpha value is -1.90. The van der Waals surface area contributed by atoms with Gasteiger partial charge in [-0.3, -0.25) is 4.99 Å². The molecule has 1 aromatic carbocycles. The lowest BCUT2D eigenvalue weighted by Gasteiger charge is -2.27. The van der Waals surface area contributed by atoms with Gasteiger partial charge in [-0.1, -0.05) is 72.7 Å². The molecule has 3 nitrogen and oxygen atoms in total. The van der Waals surface area contributed by atoms with Crippen LogP contribution in [0.3, 0.4) is 0 Å². The number of benzene rings is 1. The SMILES string of the molecule is CC(C)c1cccc(C(C)C)c1/N=C1\C=CCN2C[C@H](C(C)(C)C)N=C12. The van der Waals surface area contributed by atoms with Crippen molar-refractivity contribution in [3.8, 4) is 0 Å². The Labute approximate surface area is 158 Å². The molecule has 26 heavy (non-hydrogen) atoms. The Morgan fingerprint density at radius 1 is 1.08 bits per heavy atom. The van der Waals surface area contributed by atoms with E-state index in [1.165, 1.54) is 11.1 Å². The van der Waals surface area contributed by atoms with E-state index in [2.05, 4.69) is 83.7 Å². The zero-order valence-corrected chi connectivity index (χ0v) is 17.4. The van der Waals surface area contributed by atoms with Crippen molar-refractivity contribution >= 4 is 17.2 Å². The van der Waals surface area contributed by atoms with Crippen LogP contribution in [0, 0.1) is 5.41 Å². The Balaban J connectivity index is 2.10. The third kappa shape index (κ3) is 3.62. The van der Waals surface area contributed by atoms with Crippen LogP contribution in [0.25, 0.3) is 0 Å². The zero-order chi connectivity index (χ0) is 19.1. The highest BCUT2D eigenvalue weighted by molar-refractivity contribution is 6.47. The van der Waals surface area contributed by atoms with Crippen molar-refractivity contribution in [3.63, 3.8) is 0 Å². The van der Waals surface area contributed by atoms with Gasteiger partial charge in [0.1, 0.15) is 5.71 Å². The Bertz CT molecular complexity index is 734. The van der Waals surface area contributed by atoms with Gasteiger partial charge in [0.05, 0.1) is 11.7 Å². The van der Waals surface area contributed by atoms with E-state index < -0.39 is 0 Å². The average Bonchev–Trinajstić information content (AvgIpc) is 3.00. The molecule has 1 atom stereocenters. The first kappa shape index (κ1) is 18.9. The van der Waals surface area contributed by atoms with Gasteiger partial charge in [-0.25, -0.2) is 4.99 Å². The predicted octanol–water partition coefficient (Wildman–Crippen LogP) is 5.70. The van der Waals surface area contributed by atoms with Gasteiger partial charge in [0.15, 0.2) is 5.84 Å². The molecule has 0 aromatic heterocycles. The van der Waals surface area contributed by atoms with Crippen molar-refractivity contribution in [3.05, 3.63) is 41.5 Å². The summed E-state index contributed by atoms with van der Waals surface area (Å²) in [6, 6.07) is 6.93. The number of nitrogens with zero attached hydrogens (tertiary/aromatic N) is 3. The Morgan fingerprint density at radius 2 is 1.69 bits per heavy atom. The molecule has 2 aliphatic rings. The normalized spacial score (nSPS) is 21.7. The van der Waals surface area contributed by atoms with Gasteiger partial charge in [0, 0.05) is 13.1 Å². The monoisotopic (exact) mass is 351 g/mol. The van der Waals surface area contributed by atoms with E-state index in [1.807, 2.05) is 0 Å². The smallest absolute Gasteiger partial charge is 0.150 e. The third-order valence-corrected chi connectivity index (χ3v) is 5.38. The fourth-order valence-corrected chi connectivity index (χ4v) is 3.64. The summed E-state index contributed by atoms with van der Waals surface area (Å²) in [7, 11) is 0. The highest BCUT2D eigenvalue weighted by Crippen LogP contribution is 2.36. The minimum absolute atomic E-state index is 0.175. The first-order valence-electron chi connectivity index (χ1n) is 9.89. The van der Waals surface area contributed by atoms with E-state index in [4.69, 9.17) is 9.98 Å². The van der Waals surface area contributed by atoms with Crippen LogP contribution in [-0.2, 0) is 0 Å². The predicted molar refractivity (Wildman–Crippen MR) is 113 cm³/mol. The maximum atomic E-state index is 5.18. The fraction of sp³-hybridized carbons (Fsp3) is 0.565. The average molecular weight is 352 g/mol. The lowest BCUT2D eigenvalue weighted by molar-refractivity contribution is 0.296. The topological polar surface area (TPSA) is 28.0 Å². The molecule has 0 aliphatic carbocycles. The van der Waals surface area contributed by atoms with Crippen LogP contribution in [0.1, 0.15) is 71.4 Å². The molecule has 140 valence electrons. The molecule has 0 radical (unpaired) electrons. The largest absolute Gasteiger partial charge is 0.349 e. The van der Waals surface area contributed by atoms with Gasteiger partial charge in [-0.2, -0.15) is 0 Å². The molecular formula is C23H33N3. The summed E-state index contributed by atoms with van der Waals surface area (Å²) >= 11 is 0. The summed E-state index contributed by atoms with van der Waals surface area (Å²) in [5.41, 5.74) is 4.97. The molecule has 0 spiro atoms. The molecule has 0 unspecified atom stereocenters. The molecule has 2 heterocycles. The molecule has 3 heteroatoms. The molecule has 0 bridgehead atoms. The summed E-state index contributed by atoms with van der Waals surface area (Å²) < 4.78 is 0. The number of fused-ring (bicyclic) bond motifs is 1.